The maximum Gasteiger partial charge on any atom is 0.266 e. The summed E-state index contributed by atoms with van der Waals surface area (Å²) in [5.74, 6) is -2.48. The first-order valence-electron chi connectivity index (χ1n) is 9.79. The van der Waals surface area contributed by atoms with E-state index in [1.54, 1.807) is 29.4 Å². The summed E-state index contributed by atoms with van der Waals surface area (Å²) in [5, 5.41) is 7.03. The zero-order chi connectivity index (χ0) is 21.1. The lowest BCUT2D eigenvalue weighted by Gasteiger charge is -2.23. The van der Waals surface area contributed by atoms with Gasteiger partial charge in [0, 0.05) is 43.4 Å². The molecule has 9 heteroatoms. The summed E-state index contributed by atoms with van der Waals surface area (Å²) in [5.41, 5.74) is 2.29. The second-order valence-corrected chi connectivity index (χ2v) is 8.44. The fourth-order valence-corrected chi connectivity index (χ4v) is 4.12. The zero-order valence-corrected chi connectivity index (χ0v) is 16.7. The molecule has 2 aromatic heterocycles. The van der Waals surface area contributed by atoms with Crippen molar-refractivity contribution >= 4 is 22.9 Å². The molecule has 1 N–H and O–H groups in total. The van der Waals surface area contributed by atoms with Crippen LogP contribution >= 0.6 is 0 Å². The van der Waals surface area contributed by atoms with Crippen LogP contribution in [-0.2, 0) is 6.42 Å². The molecule has 30 heavy (non-hydrogen) atoms. The van der Waals surface area contributed by atoms with E-state index in [9.17, 15) is 13.6 Å². The van der Waals surface area contributed by atoms with Gasteiger partial charge < -0.3 is 15.0 Å². The zero-order valence-electron chi connectivity index (χ0n) is 16.7. The Balaban J connectivity index is 1.53. The Kier molecular flexibility index (Phi) is 4.00. The average Bonchev–Trinajstić information content (AvgIpc) is 3.34. The number of hydrogen-bond donors (Lipinski definition) is 1. The number of nitrogens with zero attached hydrogens (tertiary/aromatic N) is 4. The molecule has 3 aromatic rings. The van der Waals surface area contributed by atoms with Gasteiger partial charge >= 0.3 is 0 Å². The molecule has 0 radical (unpaired) electrons. The van der Waals surface area contributed by atoms with Crippen molar-refractivity contribution in [3.05, 3.63) is 47.9 Å². The van der Waals surface area contributed by atoms with Gasteiger partial charge in [-0.1, -0.05) is 0 Å². The minimum Gasteiger partial charge on any atom is -0.487 e. The summed E-state index contributed by atoms with van der Waals surface area (Å²) in [6.45, 7) is 3.76. The lowest BCUT2D eigenvalue weighted by atomic mass is 10.0. The van der Waals surface area contributed by atoms with Crippen molar-refractivity contribution in [3.8, 4) is 5.75 Å². The Morgan fingerprint density at radius 3 is 2.90 bits per heavy atom. The van der Waals surface area contributed by atoms with Gasteiger partial charge in [0.2, 0.25) is 0 Å². The van der Waals surface area contributed by atoms with Crippen LogP contribution in [0.3, 0.4) is 0 Å². The van der Waals surface area contributed by atoms with Crippen molar-refractivity contribution in [1.82, 2.24) is 14.6 Å². The number of ether oxygens (including phenoxy) is 1. The summed E-state index contributed by atoms with van der Waals surface area (Å²) in [4.78, 5) is 18.8. The number of hydrogen-bond acceptors (Lipinski definition) is 5. The molecular formula is C21H21F2N5O2. The predicted molar refractivity (Wildman–Crippen MR) is 108 cm³/mol. The molecule has 156 valence electrons. The molecule has 1 aromatic carbocycles. The normalized spacial score (nSPS) is 19.0. The quantitative estimate of drug-likeness (QED) is 0.711. The summed E-state index contributed by atoms with van der Waals surface area (Å²) in [7, 11) is 0. The molecule has 1 fully saturated rings. The topological polar surface area (TPSA) is 71.8 Å². The Bertz CT molecular complexity index is 1160. The summed E-state index contributed by atoms with van der Waals surface area (Å²) in [6.07, 6.45) is 5.18. The van der Waals surface area contributed by atoms with Crippen molar-refractivity contribution in [2.45, 2.75) is 38.2 Å². The molecule has 0 aliphatic carbocycles. The van der Waals surface area contributed by atoms with Crippen LogP contribution in [0.4, 0.5) is 20.2 Å². The first kappa shape index (κ1) is 18.8. The molecule has 5 rings (SSSR count). The van der Waals surface area contributed by atoms with E-state index < -0.39 is 18.4 Å². The maximum absolute atomic E-state index is 13.9. The smallest absolute Gasteiger partial charge is 0.266 e. The SMILES string of the molecule is CC1(C)Cc2cc(NC(=O)c3cnn4cccnc34)c(N3CCC(F)(F)C3)cc2O1. The van der Waals surface area contributed by atoms with Crippen LogP contribution in [0.1, 0.15) is 36.2 Å². The number of nitrogens with one attached hydrogen (secondary N) is 1. The van der Waals surface area contributed by atoms with Crippen molar-refractivity contribution in [2.75, 3.05) is 23.3 Å². The number of amides is 1. The minimum atomic E-state index is -2.76. The molecule has 0 unspecified atom stereocenters. The fraction of sp³-hybridized carbons (Fsp3) is 0.381. The number of anilines is 2. The van der Waals surface area contributed by atoms with E-state index in [1.165, 1.54) is 10.7 Å². The highest BCUT2D eigenvalue weighted by Gasteiger charge is 2.40. The highest BCUT2D eigenvalue weighted by molar-refractivity contribution is 6.09. The Morgan fingerprint density at radius 1 is 1.30 bits per heavy atom. The molecule has 2 aliphatic rings. The molecule has 0 saturated carbocycles. The van der Waals surface area contributed by atoms with Gasteiger partial charge in [-0.3, -0.25) is 4.79 Å². The van der Waals surface area contributed by atoms with Gasteiger partial charge in [0.05, 0.1) is 24.1 Å². The van der Waals surface area contributed by atoms with Gasteiger partial charge in [0.25, 0.3) is 11.8 Å². The third-order valence-corrected chi connectivity index (χ3v) is 5.46. The van der Waals surface area contributed by atoms with Crippen LogP contribution in [0.25, 0.3) is 5.65 Å². The highest BCUT2D eigenvalue weighted by Crippen LogP contribution is 2.43. The predicted octanol–water partition coefficient (Wildman–Crippen LogP) is 3.54. The number of alkyl halides is 2. The van der Waals surface area contributed by atoms with E-state index in [0.717, 1.165) is 5.56 Å². The molecule has 1 saturated heterocycles. The second-order valence-electron chi connectivity index (χ2n) is 8.44. The van der Waals surface area contributed by atoms with Crippen molar-refractivity contribution in [1.29, 1.82) is 0 Å². The van der Waals surface area contributed by atoms with Crippen LogP contribution in [0.2, 0.25) is 0 Å². The van der Waals surface area contributed by atoms with E-state index in [2.05, 4.69) is 15.4 Å². The number of benzene rings is 1. The number of carbonyl (C=O) groups is 1. The highest BCUT2D eigenvalue weighted by atomic mass is 19.3. The molecule has 7 nitrogen and oxygen atoms in total. The van der Waals surface area contributed by atoms with Crippen LogP contribution in [0.15, 0.2) is 36.8 Å². The van der Waals surface area contributed by atoms with Gasteiger partial charge in [-0.2, -0.15) is 5.10 Å². The first-order valence-corrected chi connectivity index (χ1v) is 9.79. The standard InChI is InChI=1S/C21H21F2N5O2/c1-20(2)10-13-8-15(16(9-17(13)30-20)27-7-4-21(22,23)12-27)26-19(29)14-11-25-28-6-3-5-24-18(14)28/h3,5-6,8-9,11H,4,7,10,12H2,1-2H3,(H,26,29). The monoisotopic (exact) mass is 413 g/mol. The van der Waals surface area contributed by atoms with Crippen molar-refractivity contribution in [2.24, 2.45) is 0 Å². The fourth-order valence-electron chi connectivity index (χ4n) is 4.12. The van der Waals surface area contributed by atoms with E-state index in [-0.39, 0.29) is 18.6 Å². The van der Waals surface area contributed by atoms with Gasteiger partial charge in [0.15, 0.2) is 5.65 Å². The van der Waals surface area contributed by atoms with Gasteiger partial charge in [-0.05, 0) is 26.0 Å². The average molecular weight is 413 g/mol. The van der Waals surface area contributed by atoms with Crippen LogP contribution in [0, 0.1) is 0 Å². The third-order valence-electron chi connectivity index (χ3n) is 5.46. The lowest BCUT2D eigenvalue weighted by molar-refractivity contribution is 0.0257. The molecular weight excluding hydrogens is 392 g/mol. The minimum absolute atomic E-state index is 0.205. The summed E-state index contributed by atoms with van der Waals surface area (Å²) >= 11 is 0. The Hall–Kier alpha value is -3.23. The molecule has 4 heterocycles. The van der Waals surface area contributed by atoms with Crippen LogP contribution in [0.5, 0.6) is 5.75 Å². The molecule has 0 bridgehead atoms. The molecule has 2 aliphatic heterocycles. The summed E-state index contributed by atoms with van der Waals surface area (Å²) in [6, 6.07) is 5.30. The van der Waals surface area contributed by atoms with Crippen LogP contribution in [-0.4, -0.2) is 45.1 Å². The lowest BCUT2D eigenvalue weighted by Crippen LogP contribution is -2.26. The number of carbonyl (C=O) groups excluding carboxylic acids is 1. The van der Waals surface area contributed by atoms with E-state index in [1.807, 2.05) is 19.9 Å². The first-order chi connectivity index (χ1) is 14.2. The van der Waals surface area contributed by atoms with E-state index in [4.69, 9.17) is 4.74 Å². The summed E-state index contributed by atoms with van der Waals surface area (Å²) < 4.78 is 35.3. The van der Waals surface area contributed by atoms with Gasteiger partial charge in [-0.25, -0.2) is 18.3 Å². The number of rotatable bonds is 3. The largest absolute Gasteiger partial charge is 0.487 e. The van der Waals surface area contributed by atoms with Crippen molar-refractivity contribution in [3.63, 3.8) is 0 Å². The van der Waals surface area contributed by atoms with Gasteiger partial charge in [0.1, 0.15) is 16.9 Å². The molecule has 0 atom stereocenters. The van der Waals surface area contributed by atoms with Crippen LogP contribution < -0.4 is 15.0 Å². The van der Waals surface area contributed by atoms with Crippen molar-refractivity contribution < 1.29 is 18.3 Å². The molecule has 1 amide bonds. The van der Waals surface area contributed by atoms with E-state index >= 15 is 0 Å². The Labute approximate surface area is 171 Å². The van der Waals surface area contributed by atoms with Gasteiger partial charge in [-0.15, -0.1) is 0 Å². The second kappa shape index (κ2) is 6.38. The van der Waals surface area contributed by atoms with E-state index in [0.29, 0.717) is 34.8 Å². The number of halogens is 2. The number of fused-ring (bicyclic) bond motifs is 2. The maximum atomic E-state index is 13.9. The molecule has 0 spiro atoms. The third kappa shape index (κ3) is 3.24. The Morgan fingerprint density at radius 2 is 2.13 bits per heavy atom. The number of aromatic nitrogens is 3.